The highest BCUT2D eigenvalue weighted by Gasteiger charge is 2.22. The quantitative estimate of drug-likeness (QED) is 0.0836. The van der Waals surface area contributed by atoms with Gasteiger partial charge in [0.05, 0.1) is 6.61 Å². The molecule has 0 fully saturated rings. The van der Waals surface area contributed by atoms with Crippen LogP contribution < -0.4 is 19.7 Å². The van der Waals surface area contributed by atoms with Crippen LogP contribution in [0.25, 0.3) is 17.2 Å². The number of amides is 1. The first-order chi connectivity index (χ1) is 23.2. The lowest BCUT2D eigenvalue weighted by atomic mass is 10.00. The molecule has 1 unspecified atom stereocenters. The van der Waals surface area contributed by atoms with Crippen LogP contribution >= 0.6 is 0 Å². The number of benzene rings is 3. The molecule has 48 heavy (non-hydrogen) atoms. The Labute approximate surface area is 284 Å². The van der Waals surface area contributed by atoms with Crippen LogP contribution in [-0.4, -0.2) is 43.9 Å². The van der Waals surface area contributed by atoms with Gasteiger partial charge in [-0.2, -0.15) is 4.73 Å². The van der Waals surface area contributed by atoms with Crippen LogP contribution in [0.5, 0.6) is 5.75 Å². The van der Waals surface area contributed by atoms with Gasteiger partial charge in [0.25, 0.3) is 5.91 Å². The number of aliphatic hydroxyl groups excluding tert-OH is 1. The van der Waals surface area contributed by atoms with Gasteiger partial charge in [0.15, 0.2) is 11.8 Å². The van der Waals surface area contributed by atoms with Crippen LogP contribution in [-0.2, 0) is 9.53 Å². The van der Waals surface area contributed by atoms with Gasteiger partial charge in [0.1, 0.15) is 12.4 Å². The first kappa shape index (κ1) is 34.7. The first-order valence-electron chi connectivity index (χ1n) is 16.9. The van der Waals surface area contributed by atoms with Gasteiger partial charge in [0, 0.05) is 55.7 Å². The van der Waals surface area contributed by atoms with E-state index in [-0.39, 0.29) is 11.6 Å². The van der Waals surface area contributed by atoms with Crippen molar-refractivity contribution in [1.82, 2.24) is 0 Å². The van der Waals surface area contributed by atoms with Gasteiger partial charge in [-0.15, -0.1) is 0 Å². The van der Waals surface area contributed by atoms with E-state index in [9.17, 15) is 15.1 Å². The summed E-state index contributed by atoms with van der Waals surface area (Å²) in [7, 11) is 0. The smallest absolute Gasteiger partial charge is 0.251 e. The van der Waals surface area contributed by atoms with Crippen LogP contribution in [0.3, 0.4) is 0 Å². The molecule has 1 amide bonds. The van der Waals surface area contributed by atoms with Gasteiger partial charge in [-0.1, -0.05) is 57.5 Å². The Morgan fingerprint density at radius 3 is 2.46 bits per heavy atom. The van der Waals surface area contributed by atoms with Crippen molar-refractivity contribution in [1.29, 1.82) is 0 Å². The number of pyridine rings is 1. The number of nitrogens with zero attached hydrogens (tertiary/aromatic N) is 2. The summed E-state index contributed by atoms with van der Waals surface area (Å²) in [6, 6.07) is 26.6. The third kappa shape index (κ3) is 8.82. The molecule has 1 aromatic heterocycles. The van der Waals surface area contributed by atoms with E-state index in [1.165, 1.54) is 0 Å². The minimum absolute atomic E-state index is 0.165. The Morgan fingerprint density at radius 1 is 0.979 bits per heavy atom. The lowest BCUT2D eigenvalue weighted by Gasteiger charge is -2.27. The fourth-order valence-electron chi connectivity index (χ4n) is 5.85. The van der Waals surface area contributed by atoms with Gasteiger partial charge in [-0.3, -0.25) is 4.79 Å². The number of carbonyl (C=O) groups is 1. The van der Waals surface area contributed by atoms with Crippen molar-refractivity contribution in [3.8, 4) is 16.9 Å². The number of nitrogens with one attached hydrogen (secondary N) is 1. The number of rotatable bonds is 14. The Balaban J connectivity index is 1.31. The Morgan fingerprint density at radius 2 is 1.73 bits per heavy atom. The maximum Gasteiger partial charge on any atom is 0.251 e. The Kier molecular flexibility index (Phi) is 11.9. The normalized spacial score (nSPS) is 13.5. The molecular formula is C40H47N3O5. The number of aliphatic hydroxyl groups is 1. The van der Waals surface area contributed by atoms with E-state index < -0.39 is 6.10 Å². The van der Waals surface area contributed by atoms with E-state index in [0.29, 0.717) is 48.1 Å². The molecule has 0 spiro atoms. The molecule has 8 nitrogen and oxygen atoms in total. The number of hydrogen-bond acceptors (Lipinski definition) is 6. The molecule has 252 valence electrons. The van der Waals surface area contributed by atoms with Crippen molar-refractivity contribution >= 4 is 23.4 Å². The molecule has 2 N–H and O–H groups in total. The molecule has 5 rings (SSSR count). The maximum atomic E-state index is 13.6. The molecule has 4 aromatic rings. The number of aromatic nitrogens is 1. The van der Waals surface area contributed by atoms with E-state index in [2.05, 4.69) is 61.3 Å². The summed E-state index contributed by atoms with van der Waals surface area (Å²) in [4.78, 5) is 16.0. The second-order valence-electron chi connectivity index (χ2n) is 12.7. The number of aryl methyl sites for hydroxylation is 1. The number of anilines is 2. The number of unbranched alkanes of at least 4 members (excludes halogenated alkanes) is 1. The fourth-order valence-corrected chi connectivity index (χ4v) is 5.85. The van der Waals surface area contributed by atoms with Crippen LogP contribution in [0.2, 0.25) is 0 Å². The highest BCUT2D eigenvalue weighted by molar-refractivity contribution is 6.07. The number of carbonyl (C=O) groups excluding carboxylic acids is 1. The maximum absolute atomic E-state index is 13.6. The molecule has 1 atom stereocenters. The monoisotopic (exact) mass is 649 g/mol. The average Bonchev–Trinajstić information content (AvgIpc) is 3.26. The summed E-state index contributed by atoms with van der Waals surface area (Å²) in [5.41, 5.74) is 6.89. The highest BCUT2D eigenvalue weighted by Crippen LogP contribution is 2.34. The van der Waals surface area contributed by atoms with Crippen LogP contribution in [0.4, 0.5) is 11.4 Å². The molecule has 0 aliphatic carbocycles. The third-order valence-electron chi connectivity index (χ3n) is 8.48. The van der Waals surface area contributed by atoms with Gasteiger partial charge >= 0.3 is 0 Å². The predicted octanol–water partition coefficient (Wildman–Crippen LogP) is 7.46. The average molecular weight is 650 g/mol. The lowest BCUT2D eigenvalue weighted by Crippen LogP contribution is -2.36. The Hall–Kier alpha value is -4.66. The van der Waals surface area contributed by atoms with Crippen molar-refractivity contribution in [3.05, 3.63) is 118 Å². The van der Waals surface area contributed by atoms with E-state index in [4.69, 9.17) is 9.47 Å². The Bertz CT molecular complexity index is 1700. The number of fused-ring (bicyclic) bond motifs is 1. The summed E-state index contributed by atoms with van der Waals surface area (Å²) in [5.74, 6) is 1.10. The first-order valence-corrected chi connectivity index (χ1v) is 16.9. The van der Waals surface area contributed by atoms with Gasteiger partial charge in [-0.05, 0) is 89.6 Å². The number of ether oxygens (including phenoxy) is 2. The minimum Gasteiger partial charge on any atom is -0.618 e. The molecular weight excluding hydrogens is 602 g/mol. The van der Waals surface area contributed by atoms with Gasteiger partial charge in [-0.25, -0.2) is 0 Å². The van der Waals surface area contributed by atoms with Crippen molar-refractivity contribution in [3.63, 3.8) is 0 Å². The van der Waals surface area contributed by atoms with Crippen molar-refractivity contribution < 1.29 is 24.1 Å². The van der Waals surface area contributed by atoms with Crippen LogP contribution in [0, 0.1) is 18.0 Å². The van der Waals surface area contributed by atoms with Gasteiger partial charge in [0.2, 0.25) is 5.69 Å². The summed E-state index contributed by atoms with van der Waals surface area (Å²) < 4.78 is 12.2. The van der Waals surface area contributed by atoms with Crippen LogP contribution in [0.15, 0.2) is 90.5 Å². The topological polar surface area (TPSA) is 98.0 Å². The minimum atomic E-state index is -1.08. The van der Waals surface area contributed by atoms with E-state index in [1.807, 2.05) is 18.2 Å². The van der Waals surface area contributed by atoms with Crippen LogP contribution in [0.1, 0.15) is 68.7 Å². The zero-order valence-electron chi connectivity index (χ0n) is 28.4. The molecule has 0 radical (unpaired) electrons. The second-order valence-corrected chi connectivity index (χ2v) is 12.7. The van der Waals surface area contributed by atoms with Gasteiger partial charge < -0.3 is 30.0 Å². The summed E-state index contributed by atoms with van der Waals surface area (Å²) in [6.07, 6.45) is 3.71. The summed E-state index contributed by atoms with van der Waals surface area (Å²) in [6.45, 7) is 11.7. The zero-order chi connectivity index (χ0) is 34.0. The zero-order valence-corrected chi connectivity index (χ0v) is 28.4. The summed E-state index contributed by atoms with van der Waals surface area (Å²) in [5, 5.41) is 26.3. The van der Waals surface area contributed by atoms with Crippen molar-refractivity contribution in [2.75, 3.05) is 43.1 Å². The number of hydrogen-bond donors (Lipinski definition) is 2. The highest BCUT2D eigenvalue weighted by atomic mass is 16.5. The molecule has 0 saturated heterocycles. The standard InChI is InChI=1S/C40H47N3O5/c1-5-6-22-47-23-24-48-36-17-12-30(13-18-36)32-14-19-37-34(25-32)26-33(20-21-42(37)27-28(2)3)40(45)41-35-15-10-31(11-16-35)39(44)38-9-7-8-29(4)43(38)46/h7-19,25-26,28,39,44H,5-6,20-24,27H2,1-4H3,(H,41,45). The molecule has 3 aromatic carbocycles. The molecule has 8 heteroatoms. The SMILES string of the molecule is CCCCOCCOc1ccc(-c2ccc3c(c2)C=C(C(=O)Nc2ccc(C(O)c4cccc(C)[n+]4[O-])cc2)CCN3CC(C)C)cc1. The predicted molar refractivity (Wildman–Crippen MR) is 192 cm³/mol. The largest absolute Gasteiger partial charge is 0.618 e. The second kappa shape index (κ2) is 16.4. The fraction of sp³-hybridized carbons (Fsp3) is 0.350. The van der Waals surface area contributed by atoms with E-state index >= 15 is 0 Å². The van der Waals surface area contributed by atoms with Crippen molar-refractivity contribution in [2.45, 2.75) is 53.1 Å². The molecule has 0 bridgehead atoms. The molecule has 0 saturated carbocycles. The van der Waals surface area contributed by atoms with E-state index in [0.717, 1.165) is 65.4 Å². The molecule has 1 aliphatic heterocycles. The summed E-state index contributed by atoms with van der Waals surface area (Å²) >= 11 is 0. The lowest BCUT2D eigenvalue weighted by molar-refractivity contribution is -0.624. The molecule has 1 aliphatic rings. The van der Waals surface area contributed by atoms with Crippen molar-refractivity contribution in [2.24, 2.45) is 5.92 Å². The van der Waals surface area contributed by atoms with E-state index in [1.54, 1.807) is 49.4 Å². The third-order valence-corrected chi connectivity index (χ3v) is 8.48. The molecule has 2 heterocycles.